The van der Waals surface area contributed by atoms with E-state index in [-0.39, 0.29) is 17.8 Å². The van der Waals surface area contributed by atoms with Gasteiger partial charge < -0.3 is 14.8 Å². The van der Waals surface area contributed by atoms with Crippen molar-refractivity contribution < 1.29 is 14.3 Å². The van der Waals surface area contributed by atoms with Crippen molar-refractivity contribution in [2.75, 3.05) is 24.8 Å². The van der Waals surface area contributed by atoms with Crippen LogP contribution in [0.25, 0.3) is 11.4 Å². The van der Waals surface area contributed by atoms with Crippen LogP contribution in [-0.4, -0.2) is 46.2 Å². The second-order valence-corrected chi connectivity index (χ2v) is 9.00. The summed E-state index contributed by atoms with van der Waals surface area (Å²) in [6, 6.07) is 12.6. The number of methoxy groups -OCH3 is 1. The zero-order valence-corrected chi connectivity index (χ0v) is 19.7. The number of anilines is 1. The summed E-state index contributed by atoms with van der Waals surface area (Å²) in [5.41, 5.74) is 1.51. The minimum Gasteiger partial charge on any atom is -0.497 e. The lowest BCUT2D eigenvalue weighted by Crippen LogP contribution is -2.18. The van der Waals surface area contributed by atoms with Gasteiger partial charge in [-0.05, 0) is 55.3 Å². The molecule has 0 unspecified atom stereocenters. The first kappa shape index (κ1) is 22.9. The monoisotopic (exact) mass is 492 g/mol. The summed E-state index contributed by atoms with van der Waals surface area (Å²) in [5.74, 6) is 1.50. The Labute approximate surface area is 200 Å². The number of rotatable bonds is 8. The van der Waals surface area contributed by atoms with E-state index in [0.29, 0.717) is 27.4 Å². The number of hydrogen-bond donors (Lipinski definition) is 1. The number of benzene rings is 2. The molecule has 32 heavy (non-hydrogen) atoms. The van der Waals surface area contributed by atoms with Gasteiger partial charge in [-0.3, -0.25) is 9.36 Å². The molecule has 0 aliphatic carbocycles. The molecular formula is C22H22Cl2N4O3S. The molecule has 2 aromatic carbocycles. The zero-order chi connectivity index (χ0) is 22.5. The molecule has 3 aromatic rings. The Balaban J connectivity index is 1.49. The Morgan fingerprint density at radius 3 is 2.72 bits per heavy atom. The number of nitrogens with zero attached hydrogens (tertiary/aromatic N) is 3. The average Bonchev–Trinajstić information content (AvgIpc) is 3.45. The molecule has 7 nitrogen and oxygen atoms in total. The minimum atomic E-state index is -0.175. The first-order chi connectivity index (χ1) is 15.5. The third-order valence-corrected chi connectivity index (χ3v) is 6.72. The van der Waals surface area contributed by atoms with E-state index in [1.165, 1.54) is 11.8 Å². The lowest BCUT2D eigenvalue weighted by Gasteiger charge is -2.15. The molecule has 1 amide bonds. The molecule has 0 saturated carbocycles. The molecule has 0 bridgehead atoms. The number of ether oxygens (including phenoxy) is 2. The van der Waals surface area contributed by atoms with Gasteiger partial charge in [-0.15, -0.1) is 10.2 Å². The van der Waals surface area contributed by atoms with Crippen LogP contribution in [0.15, 0.2) is 47.6 Å². The predicted octanol–water partition coefficient (Wildman–Crippen LogP) is 5.17. The smallest absolute Gasteiger partial charge is 0.234 e. The Kier molecular flexibility index (Phi) is 7.57. The molecule has 1 N–H and O–H groups in total. The topological polar surface area (TPSA) is 78.3 Å². The number of nitrogens with one attached hydrogen (secondary N) is 1. The SMILES string of the molecule is COc1ccc(-c2nnc(SCC(=O)Nc3ccc(Cl)c(Cl)c3)n2C[C@@H]2CCCO2)cc1. The summed E-state index contributed by atoms with van der Waals surface area (Å²) in [6.45, 7) is 1.39. The van der Waals surface area contributed by atoms with Gasteiger partial charge in [0.15, 0.2) is 11.0 Å². The van der Waals surface area contributed by atoms with Gasteiger partial charge in [0, 0.05) is 17.9 Å². The van der Waals surface area contributed by atoms with Crippen molar-refractivity contribution in [3.8, 4) is 17.1 Å². The van der Waals surface area contributed by atoms with Crippen molar-refractivity contribution >= 4 is 46.6 Å². The minimum absolute atomic E-state index is 0.104. The van der Waals surface area contributed by atoms with Crippen molar-refractivity contribution in [2.24, 2.45) is 0 Å². The van der Waals surface area contributed by atoms with Gasteiger partial charge in [0.2, 0.25) is 5.91 Å². The number of aromatic nitrogens is 3. The Bertz CT molecular complexity index is 1090. The first-order valence-corrected chi connectivity index (χ1v) is 11.8. The van der Waals surface area contributed by atoms with Crippen LogP contribution < -0.4 is 10.1 Å². The zero-order valence-electron chi connectivity index (χ0n) is 17.4. The van der Waals surface area contributed by atoms with Crippen LogP contribution in [0.1, 0.15) is 12.8 Å². The van der Waals surface area contributed by atoms with Crippen LogP contribution in [0.5, 0.6) is 5.75 Å². The fourth-order valence-corrected chi connectivity index (χ4v) is 4.45. The number of halogens is 2. The van der Waals surface area contributed by atoms with Gasteiger partial charge in [-0.25, -0.2) is 0 Å². The lowest BCUT2D eigenvalue weighted by atomic mass is 10.2. The van der Waals surface area contributed by atoms with E-state index in [4.69, 9.17) is 32.7 Å². The lowest BCUT2D eigenvalue weighted by molar-refractivity contribution is -0.113. The van der Waals surface area contributed by atoms with E-state index < -0.39 is 0 Å². The highest BCUT2D eigenvalue weighted by molar-refractivity contribution is 7.99. The summed E-state index contributed by atoms with van der Waals surface area (Å²) < 4.78 is 13.1. The summed E-state index contributed by atoms with van der Waals surface area (Å²) in [5, 5.41) is 13.1. The molecule has 4 rings (SSSR count). The molecule has 2 heterocycles. The van der Waals surface area contributed by atoms with Gasteiger partial charge in [0.25, 0.3) is 0 Å². The Morgan fingerprint density at radius 1 is 1.22 bits per heavy atom. The molecule has 1 atom stereocenters. The standard InChI is InChI=1S/C22H22Cl2N4O3S/c1-30-16-7-4-14(5-8-16)21-26-27-22(28(21)12-17-3-2-10-31-17)32-13-20(29)25-15-6-9-18(23)19(24)11-15/h4-9,11,17H,2-3,10,12-13H2,1H3,(H,25,29)/t17-/m0/s1. The number of thioether (sulfide) groups is 1. The molecule has 10 heteroatoms. The van der Waals surface area contributed by atoms with E-state index in [0.717, 1.165) is 36.6 Å². The maximum atomic E-state index is 12.5. The highest BCUT2D eigenvalue weighted by atomic mass is 35.5. The predicted molar refractivity (Wildman–Crippen MR) is 127 cm³/mol. The number of carbonyl (C=O) groups excluding carboxylic acids is 1. The highest BCUT2D eigenvalue weighted by Gasteiger charge is 2.22. The van der Waals surface area contributed by atoms with Crippen LogP contribution in [0.2, 0.25) is 10.0 Å². The average molecular weight is 493 g/mol. The van der Waals surface area contributed by atoms with Gasteiger partial charge in [-0.2, -0.15) is 0 Å². The molecule has 168 valence electrons. The largest absolute Gasteiger partial charge is 0.497 e. The van der Waals surface area contributed by atoms with Crippen LogP contribution >= 0.6 is 35.0 Å². The Morgan fingerprint density at radius 2 is 2.03 bits per heavy atom. The maximum Gasteiger partial charge on any atom is 0.234 e. The van der Waals surface area contributed by atoms with E-state index in [2.05, 4.69) is 15.5 Å². The molecule has 1 aliphatic heterocycles. The summed E-state index contributed by atoms with van der Waals surface area (Å²) in [6.07, 6.45) is 2.13. The normalized spacial score (nSPS) is 15.7. The molecule has 1 aromatic heterocycles. The number of amides is 1. The quantitative estimate of drug-likeness (QED) is 0.437. The van der Waals surface area contributed by atoms with Crippen LogP contribution in [-0.2, 0) is 16.1 Å². The first-order valence-electron chi connectivity index (χ1n) is 10.1. The van der Waals surface area contributed by atoms with Gasteiger partial charge in [-0.1, -0.05) is 35.0 Å². The van der Waals surface area contributed by atoms with Crippen LogP contribution in [0, 0.1) is 0 Å². The van der Waals surface area contributed by atoms with Crippen LogP contribution in [0.4, 0.5) is 5.69 Å². The van der Waals surface area contributed by atoms with Crippen molar-refractivity contribution in [3.63, 3.8) is 0 Å². The van der Waals surface area contributed by atoms with Gasteiger partial charge in [0.05, 0.1) is 35.6 Å². The van der Waals surface area contributed by atoms with E-state index >= 15 is 0 Å². The van der Waals surface area contributed by atoms with Crippen molar-refractivity contribution in [1.82, 2.24) is 14.8 Å². The fourth-order valence-electron chi connectivity index (χ4n) is 3.41. The van der Waals surface area contributed by atoms with Crippen molar-refractivity contribution in [2.45, 2.75) is 30.6 Å². The highest BCUT2D eigenvalue weighted by Crippen LogP contribution is 2.28. The van der Waals surface area contributed by atoms with Crippen molar-refractivity contribution in [1.29, 1.82) is 0 Å². The van der Waals surface area contributed by atoms with E-state index in [9.17, 15) is 4.79 Å². The van der Waals surface area contributed by atoms with Crippen LogP contribution in [0.3, 0.4) is 0 Å². The number of carbonyl (C=O) groups is 1. The second kappa shape index (κ2) is 10.6. The second-order valence-electron chi connectivity index (χ2n) is 7.25. The van der Waals surface area contributed by atoms with Gasteiger partial charge in [0.1, 0.15) is 5.75 Å². The molecule has 1 fully saturated rings. The fraction of sp³-hybridized carbons (Fsp3) is 0.318. The van der Waals surface area contributed by atoms with Gasteiger partial charge >= 0.3 is 0 Å². The summed E-state index contributed by atoms with van der Waals surface area (Å²) in [4.78, 5) is 12.5. The van der Waals surface area contributed by atoms with Crippen molar-refractivity contribution in [3.05, 3.63) is 52.5 Å². The van der Waals surface area contributed by atoms with E-state index in [1.807, 2.05) is 28.8 Å². The maximum absolute atomic E-state index is 12.5. The molecule has 0 spiro atoms. The molecular weight excluding hydrogens is 471 g/mol. The molecule has 1 saturated heterocycles. The Hall–Kier alpha value is -2.26. The third kappa shape index (κ3) is 5.56. The van der Waals surface area contributed by atoms with E-state index in [1.54, 1.807) is 25.3 Å². The third-order valence-electron chi connectivity index (χ3n) is 5.01. The molecule has 0 radical (unpaired) electrons. The summed E-state index contributed by atoms with van der Waals surface area (Å²) >= 11 is 13.3. The summed E-state index contributed by atoms with van der Waals surface area (Å²) in [7, 11) is 1.63. The molecule has 1 aliphatic rings. The number of hydrogen-bond acceptors (Lipinski definition) is 6.